The van der Waals surface area contributed by atoms with Crippen LogP contribution in [0.25, 0.3) is 0 Å². The van der Waals surface area contributed by atoms with E-state index in [1.165, 1.54) is 38.6 Å². The topological polar surface area (TPSA) is 29.3 Å². The molecule has 2 nitrogen and oxygen atoms in total. The predicted molar refractivity (Wildman–Crippen MR) is 76.0 cm³/mol. The summed E-state index contributed by atoms with van der Waals surface area (Å²) in [5.41, 5.74) is 5.87. The molecular weight excluding hydrogens is 208 g/mol. The number of hydrogen-bond acceptors (Lipinski definition) is 2. The minimum absolute atomic E-state index is 0.656. The van der Waals surface area contributed by atoms with Crippen molar-refractivity contribution in [2.45, 2.75) is 58.9 Å². The Kier molecular flexibility index (Phi) is 6.50. The molecule has 0 aromatic heterocycles. The lowest BCUT2D eigenvalue weighted by molar-refractivity contribution is 0.134. The second-order valence-corrected chi connectivity index (χ2v) is 6.26. The van der Waals surface area contributed by atoms with Crippen molar-refractivity contribution in [3.8, 4) is 0 Å². The Morgan fingerprint density at radius 2 is 1.76 bits per heavy atom. The highest BCUT2D eigenvalue weighted by Crippen LogP contribution is 2.29. The number of rotatable bonds is 6. The van der Waals surface area contributed by atoms with Crippen molar-refractivity contribution in [2.24, 2.45) is 23.5 Å². The molecule has 2 N–H and O–H groups in total. The summed E-state index contributed by atoms with van der Waals surface area (Å²) in [6, 6.07) is 0.811. The van der Waals surface area contributed by atoms with Gasteiger partial charge in [0.1, 0.15) is 0 Å². The first kappa shape index (κ1) is 15.0. The molecule has 0 saturated heterocycles. The SMILES string of the molecule is CCC1CCC(N(C)CC(CN)C(C)C)CC1. The number of hydrogen-bond donors (Lipinski definition) is 1. The molecule has 0 radical (unpaired) electrons. The molecule has 2 heteroatoms. The van der Waals surface area contributed by atoms with Gasteiger partial charge in [0.15, 0.2) is 0 Å². The molecule has 1 saturated carbocycles. The van der Waals surface area contributed by atoms with Crippen molar-refractivity contribution >= 4 is 0 Å². The molecule has 1 atom stereocenters. The molecule has 17 heavy (non-hydrogen) atoms. The molecule has 1 aliphatic carbocycles. The molecule has 0 amide bonds. The Labute approximate surface area is 108 Å². The summed E-state index contributed by atoms with van der Waals surface area (Å²) in [6.07, 6.45) is 7.02. The summed E-state index contributed by atoms with van der Waals surface area (Å²) in [5.74, 6) is 2.35. The Hall–Kier alpha value is -0.0800. The first-order valence-corrected chi connectivity index (χ1v) is 7.48. The summed E-state index contributed by atoms with van der Waals surface area (Å²) < 4.78 is 0. The number of nitrogens with zero attached hydrogens (tertiary/aromatic N) is 1. The maximum Gasteiger partial charge on any atom is 0.00925 e. The Morgan fingerprint density at radius 1 is 1.18 bits per heavy atom. The van der Waals surface area contributed by atoms with E-state index in [1.807, 2.05) is 0 Å². The van der Waals surface area contributed by atoms with Crippen LogP contribution in [-0.4, -0.2) is 31.1 Å². The second kappa shape index (κ2) is 7.38. The standard InChI is InChI=1S/C15H32N2/c1-5-13-6-8-15(9-7-13)17(4)11-14(10-16)12(2)3/h12-15H,5-11,16H2,1-4H3. The van der Waals surface area contributed by atoms with Gasteiger partial charge in [-0.25, -0.2) is 0 Å². The van der Waals surface area contributed by atoms with Crippen LogP contribution in [0.4, 0.5) is 0 Å². The van der Waals surface area contributed by atoms with Crippen molar-refractivity contribution < 1.29 is 0 Å². The van der Waals surface area contributed by atoms with E-state index in [-0.39, 0.29) is 0 Å². The van der Waals surface area contributed by atoms with Gasteiger partial charge in [-0.3, -0.25) is 0 Å². The van der Waals surface area contributed by atoms with Gasteiger partial charge in [-0.1, -0.05) is 27.2 Å². The first-order chi connectivity index (χ1) is 8.08. The molecule has 102 valence electrons. The van der Waals surface area contributed by atoms with Crippen LogP contribution in [0.5, 0.6) is 0 Å². The highest BCUT2D eigenvalue weighted by molar-refractivity contribution is 4.79. The third-order valence-corrected chi connectivity index (χ3v) is 4.79. The predicted octanol–water partition coefficient (Wildman–Crippen LogP) is 3.12. The molecule has 0 bridgehead atoms. The van der Waals surface area contributed by atoms with Crippen molar-refractivity contribution in [3.63, 3.8) is 0 Å². The molecule has 1 fully saturated rings. The summed E-state index contributed by atoms with van der Waals surface area (Å²) in [7, 11) is 2.29. The highest BCUT2D eigenvalue weighted by Gasteiger charge is 2.24. The maximum atomic E-state index is 5.87. The fraction of sp³-hybridized carbons (Fsp3) is 1.00. The van der Waals surface area contributed by atoms with Crippen molar-refractivity contribution in [2.75, 3.05) is 20.1 Å². The zero-order valence-corrected chi connectivity index (χ0v) is 12.3. The van der Waals surface area contributed by atoms with Gasteiger partial charge in [-0.15, -0.1) is 0 Å². The van der Waals surface area contributed by atoms with Crippen LogP contribution in [0.1, 0.15) is 52.9 Å². The highest BCUT2D eigenvalue weighted by atomic mass is 15.1. The van der Waals surface area contributed by atoms with Gasteiger partial charge in [-0.2, -0.15) is 0 Å². The van der Waals surface area contributed by atoms with E-state index in [9.17, 15) is 0 Å². The average molecular weight is 240 g/mol. The van der Waals surface area contributed by atoms with E-state index in [1.54, 1.807) is 0 Å². The smallest absolute Gasteiger partial charge is 0.00925 e. The molecular formula is C15H32N2. The largest absolute Gasteiger partial charge is 0.330 e. The van der Waals surface area contributed by atoms with Crippen LogP contribution in [0.3, 0.4) is 0 Å². The fourth-order valence-electron chi connectivity index (χ4n) is 3.07. The van der Waals surface area contributed by atoms with E-state index < -0.39 is 0 Å². The van der Waals surface area contributed by atoms with E-state index in [0.29, 0.717) is 11.8 Å². The lowest BCUT2D eigenvalue weighted by Gasteiger charge is -2.36. The first-order valence-electron chi connectivity index (χ1n) is 7.48. The lowest BCUT2D eigenvalue weighted by Crippen LogP contribution is -2.41. The Balaban J connectivity index is 2.35. The van der Waals surface area contributed by atoms with Gasteiger partial charge in [0.05, 0.1) is 0 Å². The Morgan fingerprint density at radius 3 is 2.18 bits per heavy atom. The molecule has 1 unspecified atom stereocenters. The normalized spacial score (nSPS) is 27.7. The molecule has 0 aromatic rings. The molecule has 1 rings (SSSR count). The minimum Gasteiger partial charge on any atom is -0.330 e. The lowest BCUT2D eigenvalue weighted by atomic mass is 9.83. The van der Waals surface area contributed by atoms with Crippen LogP contribution in [0.15, 0.2) is 0 Å². The number of nitrogens with two attached hydrogens (primary N) is 1. The van der Waals surface area contributed by atoms with Crippen molar-refractivity contribution in [1.29, 1.82) is 0 Å². The maximum absolute atomic E-state index is 5.87. The van der Waals surface area contributed by atoms with Crippen LogP contribution >= 0.6 is 0 Å². The molecule has 1 aliphatic rings. The Bertz CT molecular complexity index is 195. The summed E-state index contributed by atoms with van der Waals surface area (Å²) in [5, 5.41) is 0. The zero-order chi connectivity index (χ0) is 12.8. The molecule has 0 aliphatic heterocycles. The van der Waals surface area contributed by atoms with Gasteiger partial charge in [0.2, 0.25) is 0 Å². The van der Waals surface area contributed by atoms with E-state index in [4.69, 9.17) is 5.73 Å². The van der Waals surface area contributed by atoms with Gasteiger partial charge >= 0.3 is 0 Å². The molecule has 0 aromatic carbocycles. The second-order valence-electron chi connectivity index (χ2n) is 6.26. The third-order valence-electron chi connectivity index (χ3n) is 4.79. The zero-order valence-electron chi connectivity index (χ0n) is 12.3. The van der Waals surface area contributed by atoms with Crippen molar-refractivity contribution in [3.05, 3.63) is 0 Å². The van der Waals surface area contributed by atoms with Gasteiger partial charge in [0, 0.05) is 12.6 Å². The van der Waals surface area contributed by atoms with Crippen LogP contribution in [-0.2, 0) is 0 Å². The summed E-state index contributed by atoms with van der Waals surface area (Å²) in [6.45, 7) is 8.92. The quantitative estimate of drug-likeness (QED) is 0.773. The van der Waals surface area contributed by atoms with Gasteiger partial charge < -0.3 is 10.6 Å². The molecule has 0 heterocycles. The van der Waals surface area contributed by atoms with E-state index in [0.717, 1.165) is 18.5 Å². The van der Waals surface area contributed by atoms with E-state index in [2.05, 4.69) is 32.7 Å². The molecule has 0 spiro atoms. The minimum atomic E-state index is 0.656. The van der Waals surface area contributed by atoms with Crippen LogP contribution < -0.4 is 5.73 Å². The third kappa shape index (κ3) is 4.59. The van der Waals surface area contributed by atoms with Gasteiger partial charge in [0.25, 0.3) is 0 Å². The van der Waals surface area contributed by atoms with E-state index >= 15 is 0 Å². The van der Waals surface area contributed by atoms with Crippen LogP contribution in [0.2, 0.25) is 0 Å². The monoisotopic (exact) mass is 240 g/mol. The van der Waals surface area contributed by atoms with Crippen molar-refractivity contribution in [1.82, 2.24) is 4.90 Å². The average Bonchev–Trinajstić information content (AvgIpc) is 2.35. The fourth-order valence-corrected chi connectivity index (χ4v) is 3.07. The van der Waals surface area contributed by atoms with Crippen LogP contribution in [0, 0.1) is 17.8 Å². The summed E-state index contributed by atoms with van der Waals surface area (Å²) >= 11 is 0. The van der Waals surface area contributed by atoms with Gasteiger partial charge in [-0.05, 0) is 57.0 Å². The summed E-state index contributed by atoms with van der Waals surface area (Å²) in [4.78, 5) is 2.57.